The number of nitrogens with one attached hydrogen (secondary N) is 1. The van der Waals surface area contributed by atoms with Crippen LogP contribution in [0.3, 0.4) is 0 Å². The first-order valence-corrected chi connectivity index (χ1v) is 11.9. The van der Waals surface area contributed by atoms with Crippen molar-refractivity contribution in [3.8, 4) is 0 Å². The van der Waals surface area contributed by atoms with Crippen molar-refractivity contribution >= 4 is 23.2 Å². The number of aliphatic hydroxyl groups is 1. The third-order valence-corrected chi connectivity index (χ3v) is 6.06. The molecule has 1 unspecified atom stereocenters. The van der Waals surface area contributed by atoms with Crippen LogP contribution in [0.5, 0.6) is 0 Å². The number of aliphatic hydroxyl groups excluding tert-OH is 1. The lowest BCUT2D eigenvalue weighted by molar-refractivity contribution is -0.171. The van der Waals surface area contributed by atoms with Gasteiger partial charge in [0.25, 0.3) is 5.56 Å². The first-order valence-electron chi connectivity index (χ1n) is 11.9. The number of fused-ring (bicyclic) bond motifs is 2. The van der Waals surface area contributed by atoms with Crippen LogP contribution in [0.1, 0.15) is 19.6 Å². The molecule has 37 heavy (non-hydrogen) atoms. The molecule has 1 amide bonds. The number of hydrogen-bond acceptors (Lipinski definition) is 11. The van der Waals surface area contributed by atoms with E-state index in [0.29, 0.717) is 6.54 Å². The zero-order valence-electron chi connectivity index (χ0n) is 20.7. The molecule has 2 aliphatic rings. The van der Waals surface area contributed by atoms with Gasteiger partial charge in [0.15, 0.2) is 23.7 Å². The van der Waals surface area contributed by atoms with Gasteiger partial charge >= 0.3 is 11.8 Å². The number of carbonyl (C=O) groups is 1. The Morgan fingerprint density at radius 3 is 2.76 bits per heavy atom. The lowest BCUT2D eigenvalue weighted by Gasteiger charge is -2.20. The number of anilines is 1. The van der Waals surface area contributed by atoms with Crippen LogP contribution in [0.2, 0.25) is 0 Å². The van der Waals surface area contributed by atoms with Crippen LogP contribution in [0.25, 0.3) is 11.2 Å². The second-order valence-electron chi connectivity index (χ2n) is 8.66. The monoisotopic (exact) mass is 524 g/mol. The average Bonchev–Trinajstić information content (AvgIpc) is 3.49. The molecule has 0 aliphatic carbocycles. The van der Waals surface area contributed by atoms with Gasteiger partial charge in [0.2, 0.25) is 5.95 Å². The summed E-state index contributed by atoms with van der Waals surface area (Å²) in [4.78, 5) is 45.7. The normalized spacial score (nSPS) is 24.9. The van der Waals surface area contributed by atoms with Crippen molar-refractivity contribution in [2.24, 2.45) is 0 Å². The number of imidazole rings is 1. The van der Waals surface area contributed by atoms with Crippen molar-refractivity contribution in [2.75, 3.05) is 45.8 Å². The Morgan fingerprint density at radius 1 is 1.30 bits per heavy atom. The fourth-order valence-electron chi connectivity index (χ4n) is 4.47. The number of aromatic amines is 1. The Balaban J connectivity index is 1.47. The van der Waals surface area contributed by atoms with E-state index in [4.69, 9.17) is 29.4 Å². The zero-order valence-corrected chi connectivity index (χ0v) is 20.7. The number of amides is 1. The molecule has 0 aromatic carbocycles. The molecule has 0 saturated carbocycles. The highest BCUT2D eigenvalue weighted by Crippen LogP contribution is 2.39. The number of hydrogen-bond donors (Lipinski definition) is 3. The number of nitrogens with zero attached hydrogens (tertiary/aromatic N) is 4. The summed E-state index contributed by atoms with van der Waals surface area (Å²) in [5.74, 6) is -0.174. The number of nitrogens with two attached hydrogens (primary N) is 1. The van der Waals surface area contributed by atoms with Crippen LogP contribution in [0, 0.1) is 0 Å². The van der Waals surface area contributed by atoms with Gasteiger partial charge in [0.05, 0.1) is 19.8 Å². The van der Waals surface area contributed by atoms with E-state index in [1.807, 2.05) is 6.92 Å². The fraction of sp³-hybridized carbons (Fsp3) is 0.636. The largest absolute Gasteiger partial charge is 0.447 e. The molecule has 5 atom stereocenters. The molecular weight excluding hydrogens is 492 g/mol. The number of allylic oxidation sites excluding steroid dienone is 1. The standard InChI is InChI=1S/C22H32N6O9/c1-4-6-26(3)22(32)34-9-8-33-11-13-36-15-12(10-29)35-19(16(15)37-13)28-17-14(18(30)25-20(23)24-17)27(7-5-2)21(28)31/h5,12-13,15-16,19,29H,2,4,6-11H2,1,3H3,(H3,23,24,25,30)/t12-,13?,15-,16-,19-/m1/s1. The quantitative estimate of drug-likeness (QED) is 0.246. The average molecular weight is 525 g/mol. The van der Waals surface area contributed by atoms with Crippen LogP contribution >= 0.6 is 0 Å². The first kappa shape index (κ1) is 26.8. The molecule has 0 bridgehead atoms. The molecular formula is C22H32N6O9. The van der Waals surface area contributed by atoms with Crippen LogP contribution in [-0.4, -0.2) is 99.8 Å². The molecule has 2 aliphatic heterocycles. The van der Waals surface area contributed by atoms with Gasteiger partial charge < -0.3 is 39.4 Å². The van der Waals surface area contributed by atoms with Gasteiger partial charge in [-0.3, -0.25) is 14.3 Å². The third-order valence-electron chi connectivity index (χ3n) is 6.06. The van der Waals surface area contributed by atoms with Crippen molar-refractivity contribution < 1.29 is 33.6 Å². The van der Waals surface area contributed by atoms with Crippen LogP contribution in [0.4, 0.5) is 10.7 Å². The van der Waals surface area contributed by atoms with Crippen molar-refractivity contribution in [2.45, 2.75) is 50.7 Å². The second kappa shape index (κ2) is 11.4. The van der Waals surface area contributed by atoms with Crippen LogP contribution in [0.15, 0.2) is 22.2 Å². The van der Waals surface area contributed by atoms with Gasteiger partial charge in [0, 0.05) is 20.1 Å². The number of aromatic nitrogens is 4. The molecule has 4 rings (SSSR count). The molecule has 4 N–H and O–H groups in total. The summed E-state index contributed by atoms with van der Waals surface area (Å²) in [6.07, 6.45) is -2.36. The molecule has 2 saturated heterocycles. The molecule has 2 aromatic heterocycles. The summed E-state index contributed by atoms with van der Waals surface area (Å²) in [5, 5.41) is 9.86. The summed E-state index contributed by atoms with van der Waals surface area (Å²) >= 11 is 0. The SMILES string of the molecule is C=CCn1c(=O)n([C@@H]2O[C@H](CO)[C@H]3OC(COCCOC(=O)N(C)CCC)O[C@H]32)c2nc(N)[nH]c(=O)c21. The van der Waals surface area contributed by atoms with Gasteiger partial charge in [-0.05, 0) is 6.42 Å². The molecule has 4 heterocycles. The zero-order chi connectivity index (χ0) is 26.7. The van der Waals surface area contributed by atoms with E-state index < -0.39 is 54.8 Å². The predicted octanol–water partition coefficient (Wildman–Crippen LogP) is -0.851. The summed E-state index contributed by atoms with van der Waals surface area (Å²) in [6.45, 7) is 6.02. The molecule has 2 fully saturated rings. The number of H-pyrrole nitrogens is 1. The number of ether oxygens (including phenoxy) is 5. The molecule has 0 radical (unpaired) electrons. The summed E-state index contributed by atoms with van der Waals surface area (Å²) < 4.78 is 30.8. The molecule has 15 nitrogen and oxygen atoms in total. The fourth-order valence-corrected chi connectivity index (χ4v) is 4.47. The van der Waals surface area contributed by atoms with Crippen molar-refractivity contribution in [1.82, 2.24) is 24.0 Å². The Morgan fingerprint density at radius 2 is 2.05 bits per heavy atom. The van der Waals surface area contributed by atoms with Crippen LogP contribution in [-0.2, 0) is 30.2 Å². The Bertz CT molecular complexity index is 1240. The summed E-state index contributed by atoms with van der Waals surface area (Å²) in [5.41, 5.74) is 4.57. The van der Waals surface area contributed by atoms with Crippen LogP contribution < -0.4 is 17.0 Å². The van der Waals surface area contributed by atoms with E-state index in [1.165, 1.54) is 20.1 Å². The van der Waals surface area contributed by atoms with E-state index in [2.05, 4.69) is 16.5 Å². The van der Waals surface area contributed by atoms with Crippen molar-refractivity contribution in [3.05, 3.63) is 33.5 Å². The predicted molar refractivity (Wildman–Crippen MR) is 129 cm³/mol. The maximum absolute atomic E-state index is 13.3. The van der Waals surface area contributed by atoms with E-state index >= 15 is 0 Å². The Labute approximate surface area is 211 Å². The number of rotatable bonds is 11. The smallest absolute Gasteiger partial charge is 0.409 e. The maximum atomic E-state index is 13.3. The minimum atomic E-state index is -1.06. The summed E-state index contributed by atoms with van der Waals surface area (Å²) in [6, 6.07) is 0. The van der Waals surface area contributed by atoms with Crippen molar-refractivity contribution in [1.29, 1.82) is 0 Å². The highest BCUT2D eigenvalue weighted by atomic mass is 16.8. The minimum absolute atomic E-state index is 0.00428. The highest BCUT2D eigenvalue weighted by molar-refractivity contribution is 5.72. The number of nitrogen functional groups attached to an aromatic ring is 1. The molecule has 204 valence electrons. The summed E-state index contributed by atoms with van der Waals surface area (Å²) in [7, 11) is 1.65. The maximum Gasteiger partial charge on any atom is 0.409 e. The highest BCUT2D eigenvalue weighted by Gasteiger charge is 2.54. The molecule has 15 heteroatoms. The lowest BCUT2D eigenvalue weighted by Crippen LogP contribution is -2.34. The lowest BCUT2D eigenvalue weighted by atomic mass is 10.1. The van der Waals surface area contributed by atoms with E-state index in [9.17, 15) is 19.5 Å². The van der Waals surface area contributed by atoms with Crippen molar-refractivity contribution in [3.63, 3.8) is 0 Å². The third kappa shape index (κ3) is 5.26. The van der Waals surface area contributed by atoms with Gasteiger partial charge in [0.1, 0.15) is 24.9 Å². The number of carbonyl (C=O) groups excluding carboxylic acids is 1. The van der Waals surface area contributed by atoms with Gasteiger partial charge in [-0.25, -0.2) is 14.2 Å². The minimum Gasteiger partial charge on any atom is -0.447 e. The van der Waals surface area contributed by atoms with Gasteiger partial charge in [-0.15, -0.1) is 6.58 Å². The second-order valence-corrected chi connectivity index (χ2v) is 8.66. The van der Waals surface area contributed by atoms with E-state index in [-0.39, 0.29) is 43.5 Å². The van der Waals surface area contributed by atoms with E-state index in [1.54, 1.807) is 7.05 Å². The molecule has 0 spiro atoms. The Kier molecular flexibility index (Phi) is 8.29. The van der Waals surface area contributed by atoms with Gasteiger partial charge in [-0.2, -0.15) is 4.98 Å². The topological polar surface area (TPSA) is 185 Å². The Hall–Kier alpha value is -3.24. The first-order chi connectivity index (χ1) is 17.8. The molecule has 2 aromatic rings. The van der Waals surface area contributed by atoms with E-state index in [0.717, 1.165) is 6.42 Å². The van der Waals surface area contributed by atoms with Gasteiger partial charge in [-0.1, -0.05) is 13.0 Å².